The molecule has 0 saturated heterocycles. The number of hydrogen-bond acceptors (Lipinski definition) is 1. The Hall–Kier alpha value is -3.07. The molecule has 0 radical (unpaired) electrons. The lowest BCUT2D eigenvalue weighted by molar-refractivity contribution is 0.306. The molecule has 25 heavy (non-hydrogen) atoms. The number of rotatable bonds is 5. The van der Waals surface area contributed by atoms with Gasteiger partial charge in [-0.1, -0.05) is 48.5 Å². The van der Waals surface area contributed by atoms with Crippen molar-refractivity contribution in [3.05, 3.63) is 102 Å². The van der Waals surface area contributed by atoms with E-state index in [1.807, 2.05) is 72.9 Å². The van der Waals surface area contributed by atoms with Crippen molar-refractivity contribution in [1.82, 2.24) is 4.57 Å². The highest BCUT2D eigenvalue weighted by Gasteiger charge is 2.06. The van der Waals surface area contributed by atoms with Gasteiger partial charge < -0.3 is 9.30 Å². The van der Waals surface area contributed by atoms with Gasteiger partial charge in [-0.2, -0.15) is 0 Å². The van der Waals surface area contributed by atoms with Gasteiger partial charge in [-0.05, 0) is 35.9 Å². The molecule has 3 heteroatoms. The summed E-state index contributed by atoms with van der Waals surface area (Å²) in [5.74, 6) is 0.659. The van der Waals surface area contributed by atoms with E-state index in [9.17, 15) is 4.39 Å². The number of aromatic nitrogens is 1. The molecule has 2 nitrogen and oxygen atoms in total. The molecule has 0 atom stereocenters. The number of ether oxygens (including phenoxy) is 1. The number of hydrogen-bond donors (Lipinski definition) is 0. The average molecular weight is 331 g/mol. The van der Waals surface area contributed by atoms with E-state index in [0.29, 0.717) is 18.7 Å². The Balaban J connectivity index is 1.54. The van der Waals surface area contributed by atoms with Crippen LogP contribution in [0.2, 0.25) is 0 Å². The smallest absolute Gasteiger partial charge is 0.128 e. The van der Waals surface area contributed by atoms with Crippen LogP contribution >= 0.6 is 0 Å². The summed E-state index contributed by atoms with van der Waals surface area (Å²) in [4.78, 5) is 0. The number of nitrogens with zero attached hydrogens (tertiary/aromatic N) is 1. The monoisotopic (exact) mass is 331 g/mol. The Labute approximate surface area is 146 Å². The maximum Gasteiger partial charge on any atom is 0.128 e. The van der Waals surface area contributed by atoms with Crippen molar-refractivity contribution in [3.63, 3.8) is 0 Å². The van der Waals surface area contributed by atoms with Gasteiger partial charge in [0, 0.05) is 22.7 Å². The number of benzene rings is 3. The standard InChI is InChI=1S/C22H18FNO/c23-21-9-5-4-8-19(21)15-24-13-12-18-14-20(10-11-22(18)24)25-16-17-6-2-1-3-7-17/h1-14H,15-16H2. The largest absolute Gasteiger partial charge is 0.489 e. The van der Waals surface area contributed by atoms with Gasteiger partial charge in [0.25, 0.3) is 0 Å². The molecule has 124 valence electrons. The fraction of sp³-hybridized carbons (Fsp3) is 0.0909. The summed E-state index contributed by atoms with van der Waals surface area (Å²) in [7, 11) is 0. The molecule has 1 heterocycles. The van der Waals surface area contributed by atoms with Crippen molar-refractivity contribution in [1.29, 1.82) is 0 Å². The first kappa shape index (κ1) is 15.5. The Kier molecular flexibility index (Phi) is 4.21. The van der Waals surface area contributed by atoms with Gasteiger partial charge in [-0.15, -0.1) is 0 Å². The molecule has 0 amide bonds. The highest BCUT2D eigenvalue weighted by Crippen LogP contribution is 2.24. The minimum atomic E-state index is -0.174. The molecule has 4 aromatic rings. The van der Waals surface area contributed by atoms with E-state index in [1.54, 1.807) is 6.07 Å². The lowest BCUT2D eigenvalue weighted by Gasteiger charge is -2.09. The molecule has 0 aliphatic heterocycles. The zero-order valence-corrected chi connectivity index (χ0v) is 13.7. The molecule has 0 spiro atoms. The van der Waals surface area contributed by atoms with Crippen molar-refractivity contribution >= 4 is 10.9 Å². The summed E-state index contributed by atoms with van der Waals surface area (Å²) in [5.41, 5.74) is 2.89. The van der Waals surface area contributed by atoms with Crippen LogP contribution in [-0.2, 0) is 13.2 Å². The maximum atomic E-state index is 13.9. The van der Waals surface area contributed by atoms with E-state index >= 15 is 0 Å². The third-order valence-electron chi connectivity index (χ3n) is 4.29. The molecule has 0 aliphatic rings. The Morgan fingerprint density at radius 1 is 0.840 bits per heavy atom. The zero-order chi connectivity index (χ0) is 17.1. The van der Waals surface area contributed by atoms with E-state index < -0.39 is 0 Å². The predicted molar refractivity (Wildman–Crippen MR) is 98.2 cm³/mol. The molecule has 0 N–H and O–H groups in total. The molecule has 1 aromatic heterocycles. The summed E-state index contributed by atoms with van der Waals surface area (Å²) < 4.78 is 21.8. The van der Waals surface area contributed by atoms with Crippen molar-refractivity contribution in [2.24, 2.45) is 0 Å². The molecular formula is C22H18FNO. The second-order valence-corrected chi connectivity index (χ2v) is 6.03. The minimum Gasteiger partial charge on any atom is -0.489 e. The van der Waals surface area contributed by atoms with Crippen LogP contribution in [0, 0.1) is 5.82 Å². The third-order valence-corrected chi connectivity index (χ3v) is 4.29. The summed E-state index contributed by atoms with van der Waals surface area (Å²) in [6.07, 6.45) is 1.98. The van der Waals surface area contributed by atoms with Crippen LogP contribution in [0.25, 0.3) is 10.9 Å². The van der Waals surface area contributed by atoms with E-state index in [2.05, 4.69) is 4.57 Å². The molecule has 0 aliphatic carbocycles. The fourth-order valence-corrected chi connectivity index (χ4v) is 2.96. The fourth-order valence-electron chi connectivity index (χ4n) is 2.96. The van der Waals surface area contributed by atoms with Crippen molar-refractivity contribution in [3.8, 4) is 5.75 Å². The Morgan fingerprint density at radius 3 is 2.48 bits per heavy atom. The first-order valence-corrected chi connectivity index (χ1v) is 8.28. The highest BCUT2D eigenvalue weighted by atomic mass is 19.1. The van der Waals surface area contributed by atoms with Crippen LogP contribution < -0.4 is 4.74 Å². The van der Waals surface area contributed by atoms with E-state index in [-0.39, 0.29) is 5.82 Å². The van der Waals surface area contributed by atoms with Crippen LogP contribution in [0.5, 0.6) is 5.75 Å². The van der Waals surface area contributed by atoms with Crippen molar-refractivity contribution in [2.75, 3.05) is 0 Å². The van der Waals surface area contributed by atoms with E-state index in [0.717, 1.165) is 22.2 Å². The summed E-state index contributed by atoms with van der Waals surface area (Å²) in [5, 5.41) is 1.09. The van der Waals surface area contributed by atoms with Crippen LogP contribution in [0.1, 0.15) is 11.1 Å². The molecule has 0 saturated carbocycles. The molecular weight excluding hydrogens is 313 g/mol. The molecule has 4 rings (SSSR count). The van der Waals surface area contributed by atoms with Gasteiger partial charge in [-0.3, -0.25) is 0 Å². The summed E-state index contributed by atoms with van der Waals surface area (Å²) in [6, 6.07) is 25.0. The molecule has 0 unspecified atom stereocenters. The lowest BCUT2D eigenvalue weighted by Crippen LogP contribution is -2.00. The first-order chi connectivity index (χ1) is 12.3. The molecule has 3 aromatic carbocycles. The van der Waals surface area contributed by atoms with Crippen LogP contribution in [-0.4, -0.2) is 4.57 Å². The van der Waals surface area contributed by atoms with Gasteiger partial charge in [0.15, 0.2) is 0 Å². The van der Waals surface area contributed by atoms with Gasteiger partial charge in [-0.25, -0.2) is 4.39 Å². The van der Waals surface area contributed by atoms with E-state index in [1.165, 1.54) is 6.07 Å². The first-order valence-electron chi connectivity index (χ1n) is 8.28. The van der Waals surface area contributed by atoms with E-state index in [4.69, 9.17) is 4.74 Å². The number of fused-ring (bicyclic) bond motifs is 1. The second kappa shape index (κ2) is 6.81. The van der Waals surface area contributed by atoms with Crippen LogP contribution in [0.3, 0.4) is 0 Å². The Morgan fingerprint density at radius 2 is 1.64 bits per heavy atom. The maximum absolute atomic E-state index is 13.9. The minimum absolute atomic E-state index is 0.174. The SMILES string of the molecule is Fc1ccccc1Cn1ccc2cc(OCc3ccccc3)ccc21. The summed E-state index contributed by atoms with van der Waals surface area (Å²) in [6.45, 7) is 1.06. The van der Waals surface area contributed by atoms with Crippen molar-refractivity contribution < 1.29 is 9.13 Å². The molecule has 0 fully saturated rings. The third kappa shape index (κ3) is 3.41. The number of halogens is 1. The van der Waals surface area contributed by atoms with Crippen LogP contribution in [0.4, 0.5) is 4.39 Å². The topological polar surface area (TPSA) is 14.2 Å². The lowest BCUT2D eigenvalue weighted by atomic mass is 10.2. The van der Waals surface area contributed by atoms with Gasteiger partial charge >= 0.3 is 0 Å². The van der Waals surface area contributed by atoms with Gasteiger partial charge in [0.2, 0.25) is 0 Å². The zero-order valence-electron chi connectivity index (χ0n) is 13.7. The van der Waals surface area contributed by atoms with Gasteiger partial charge in [0.1, 0.15) is 18.2 Å². The average Bonchev–Trinajstić information content (AvgIpc) is 3.05. The Bertz CT molecular complexity index is 991. The van der Waals surface area contributed by atoms with Crippen molar-refractivity contribution in [2.45, 2.75) is 13.2 Å². The van der Waals surface area contributed by atoms with Crippen LogP contribution in [0.15, 0.2) is 85.1 Å². The summed E-state index contributed by atoms with van der Waals surface area (Å²) >= 11 is 0. The highest BCUT2D eigenvalue weighted by molar-refractivity contribution is 5.81. The normalized spacial score (nSPS) is 10.9. The van der Waals surface area contributed by atoms with Gasteiger partial charge in [0.05, 0.1) is 6.54 Å². The molecule has 0 bridgehead atoms. The quantitative estimate of drug-likeness (QED) is 0.477. The predicted octanol–water partition coefficient (Wildman–Crippen LogP) is 5.41. The second-order valence-electron chi connectivity index (χ2n) is 6.03.